The summed E-state index contributed by atoms with van der Waals surface area (Å²) in [6.45, 7) is 0. The summed E-state index contributed by atoms with van der Waals surface area (Å²) in [5, 5.41) is 8.79. The molecule has 0 saturated carbocycles. The van der Waals surface area contributed by atoms with Gasteiger partial charge in [-0.1, -0.05) is 17.7 Å². The zero-order valence-corrected chi connectivity index (χ0v) is 8.64. The van der Waals surface area contributed by atoms with Gasteiger partial charge in [0.05, 0.1) is 5.02 Å². The number of carbonyl (C=O) groups is 1. The van der Waals surface area contributed by atoms with Crippen LogP contribution >= 0.6 is 27.5 Å². The molecule has 1 aromatic carbocycles. The summed E-state index contributed by atoms with van der Waals surface area (Å²) in [4.78, 5) is 10.3. The maximum absolute atomic E-state index is 12.9. The van der Waals surface area contributed by atoms with E-state index < -0.39 is 12.1 Å². The lowest BCUT2D eigenvalue weighted by Gasteiger charge is -2.04. The largest absolute Gasteiger partial charge is 0.479 e. The van der Waals surface area contributed by atoms with Crippen molar-refractivity contribution in [2.75, 3.05) is 0 Å². The third-order valence-corrected chi connectivity index (χ3v) is 2.67. The molecule has 0 aliphatic heterocycles. The minimum Gasteiger partial charge on any atom is -0.479 e. The third kappa shape index (κ3) is 2.42. The molecule has 0 radical (unpaired) electrons. The van der Waals surface area contributed by atoms with Crippen molar-refractivity contribution in [2.45, 2.75) is 6.17 Å². The fraction of sp³-hybridized carbons (Fsp3) is 0.125. The van der Waals surface area contributed by atoms with Crippen molar-refractivity contribution in [3.05, 3.63) is 33.3 Å². The lowest BCUT2D eigenvalue weighted by Crippen LogP contribution is -2.05. The topological polar surface area (TPSA) is 37.3 Å². The molecule has 1 rings (SSSR count). The van der Waals surface area contributed by atoms with Crippen LogP contribution < -0.4 is 0 Å². The summed E-state index contributed by atoms with van der Waals surface area (Å²) < 4.78 is 13.4. The monoisotopic (exact) mass is 266 g/mol. The Balaban J connectivity index is 3.03. The van der Waals surface area contributed by atoms with E-state index in [4.69, 9.17) is 16.7 Å². The van der Waals surface area contributed by atoms with Crippen molar-refractivity contribution in [2.24, 2.45) is 0 Å². The molecule has 0 saturated heterocycles. The molecule has 0 heterocycles. The number of carboxylic acids is 1. The van der Waals surface area contributed by atoms with E-state index in [1.165, 1.54) is 18.2 Å². The lowest BCUT2D eigenvalue weighted by molar-refractivity contribution is -0.143. The fourth-order valence-electron chi connectivity index (χ4n) is 0.813. The predicted molar refractivity (Wildman–Crippen MR) is 50.6 cm³/mol. The van der Waals surface area contributed by atoms with Gasteiger partial charge >= 0.3 is 5.97 Å². The standard InChI is InChI=1S/C8H5BrClFO2/c9-5-3-4(1-2-6(5)10)7(11)8(12)13/h1-3,7H,(H,12,13). The van der Waals surface area contributed by atoms with Gasteiger partial charge in [0, 0.05) is 4.47 Å². The molecule has 0 aliphatic carbocycles. The average Bonchev–Trinajstić information content (AvgIpc) is 2.08. The van der Waals surface area contributed by atoms with E-state index in [9.17, 15) is 9.18 Å². The van der Waals surface area contributed by atoms with Crippen LogP contribution in [-0.4, -0.2) is 11.1 Å². The first-order valence-corrected chi connectivity index (χ1v) is 4.51. The van der Waals surface area contributed by atoms with Crippen LogP contribution in [-0.2, 0) is 4.79 Å². The van der Waals surface area contributed by atoms with E-state index in [1.807, 2.05) is 0 Å². The first kappa shape index (κ1) is 10.5. The van der Waals surface area contributed by atoms with Crippen molar-refractivity contribution in [3.8, 4) is 0 Å². The first-order chi connectivity index (χ1) is 6.02. The third-order valence-electron chi connectivity index (χ3n) is 1.45. The van der Waals surface area contributed by atoms with Crippen LogP contribution in [0.25, 0.3) is 0 Å². The minimum absolute atomic E-state index is 0.0729. The van der Waals surface area contributed by atoms with Gasteiger partial charge in [0.1, 0.15) is 0 Å². The Kier molecular flexibility index (Phi) is 3.27. The maximum Gasteiger partial charge on any atom is 0.343 e. The molecule has 0 fully saturated rings. The van der Waals surface area contributed by atoms with E-state index in [2.05, 4.69) is 15.9 Å². The van der Waals surface area contributed by atoms with E-state index >= 15 is 0 Å². The first-order valence-electron chi connectivity index (χ1n) is 3.34. The second-order valence-electron chi connectivity index (χ2n) is 2.37. The van der Waals surface area contributed by atoms with Gasteiger partial charge in [-0.2, -0.15) is 0 Å². The van der Waals surface area contributed by atoms with Crippen LogP contribution in [0.5, 0.6) is 0 Å². The normalized spacial score (nSPS) is 12.5. The van der Waals surface area contributed by atoms with E-state index in [1.54, 1.807) is 0 Å². The van der Waals surface area contributed by atoms with Crippen LogP contribution in [0.15, 0.2) is 22.7 Å². The zero-order valence-electron chi connectivity index (χ0n) is 6.30. The van der Waals surface area contributed by atoms with Crippen LogP contribution in [0.1, 0.15) is 11.7 Å². The molecule has 2 nitrogen and oxygen atoms in total. The Labute approximate surface area is 87.5 Å². The number of rotatable bonds is 2. The molecular formula is C8H5BrClFO2. The Morgan fingerprint density at radius 3 is 2.69 bits per heavy atom. The quantitative estimate of drug-likeness (QED) is 0.893. The van der Waals surface area contributed by atoms with Gasteiger partial charge < -0.3 is 5.11 Å². The molecule has 0 aliphatic rings. The Bertz CT molecular complexity index is 343. The number of alkyl halides is 1. The van der Waals surface area contributed by atoms with Gasteiger partial charge in [-0.05, 0) is 33.6 Å². The highest BCUT2D eigenvalue weighted by Crippen LogP contribution is 2.27. The summed E-state index contributed by atoms with van der Waals surface area (Å²) in [5.74, 6) is -1.51. The lowest BCUT2D eigenvalue weighted by atomic mass is 10.1. The van der Waals surface area contributed by atoms with Crippen LogP contribution in [0.4, 0.5) is 4.39 Å². The maximum atomic E-state index is 12.9. The summed E-state index contributed by atoms with van der Waals surface area (Å²) in [6.07, 6.45) is -2.01. The molecule has 0 amide bonds. The molecule has 70 valence electrons. The van der Waals surface area contributed by atoms with Crippen molar-refractivity contribution in [1.82, 2.24) is 0 Å². The molecule has 1 atom stereocenters. The highest BCUT2D eigenvalue weighted by molar-refractivity contribution is 9.10. The van der Waals surface area contributed by atoms with Crippen molar-refractivity contribution in [1.29, 1.82) is 0 Å². The highest BCUT2D eigenvalue weighted by Gasteiger charge is 2.18. The number of halogens is 3. The van der Waals surface area contributed by atoms with Gasteiger partial charge in [0.25, 0.3) is 0 Å². The van der Waals surface area contributed by atoms with Gasteiger partial charge in [-0.25, -0.2) is 9.18 Å². The van der Waals surface area contributed by atoms with E-state index in [0.29, 0.717) is 9.50 Å². The second-order valence-corrected chi connectivity index (χ2v) is 3.64. The summed E-state index contributed by atoms with van der Waals surface area (Å²) >= 11 is 8.72. The highest BCUT2D eigenvalue weighted by atomic mass is 79.9. The molecule has 1 N–H and O–H groups in total. The second kappa shape index (κ2) is 4.07. The zero-order chi connectivity index (χ0) is 10.0. The number of carboxylic acid groups (broad SMARTS) is 1. The number of hydrogen-bond acceptors (Lipinski definition) is 1. The summed E-state index contributed by atoms with van der Waals surface area (Å²) in [5.41, 5.74) is 0.0729. The molecule has 0 bridgehead atoms. The smallest absolute Gasteiger partial charge is 0.343 e. The number of aliphatic carboxylic acids is 1. The Morgan fingerprint density at radius 1 is 1.62 bits per heavy atom. The van der Waals surface area contributed by atoms with Crippen LogP contribution in [0.3, 0.4) is 0 Å². The van der Waals surface area contributed by atoms with Crippen molar-refractivity contribution >= 4 is 33.5 Å². The van der Waals surface area contributed by atoms with Crippen molar-refractivity contribution in [3.63, 3.8) is 0 Å². The number of hydrogen-bond donors (Lipinski definition) is 1. The minimum atomic E-state index is -2.01. The number of benzene rings is 1. The SMILES string of the molecule is O=C(O)C(F)c1ccc(Cl)c(Br)c1. The molecular weight excluding hydrogens is 262 g/mol. The fourth-order valence-corrected chi connectivity index (χ4v) is 1.33. The molecule has 1 unspecified atom stereocenters. The average molecular weight is 267 g/mol. The van der Waals surface area contributed by atoms with Gasteiger partial charge in [0.2, 0.25) is 6.17 Å². The molecule has 0 aromatic heterocycles. The van der Waals surface area contributed by atoms with E-state index in [0.717, 1.165) is 0 Å². The summed E-state index contributed by atoms with van der Waals surface area (Å²) in [7, 11) is 0. The van der Waals surface area contributed by atoms with E-state index in [-0.39, 0.29) is 5.56 Å². The summed E-state index contributed by atoms with van der Waals surface area (Å²) in [6, 6.07) is 4.13. The van der Waals surface area contributed by atoms with Gasteiger partial charge in [-0.15, -0.1) is 0 Å². The van der Waals surface area contributed by atoms with Gasteiger partial charge in [-0.3, -0.25) is 0 Å². The van der Waals surface area contributed by atoms with Crippen LogP contribution in [0.2, 0.25) is 5.02 Å². The van der Waals surface area contributed by atoms with Crippen LogP contribution in [0, 0.1) is 0 Å². The predicted octanol–water partition coefficient (Wildman–Crippen LogP) is 3.20. The Morgan fingerprint density at radius 2 is 2.23 bits per heavy atom. The molecule has 13 heavy (non-hydrogen) atoms. The van der Waals surface area contributed by atoms with Gasteiger partial charge in [0.15, 0.2) is 0 Å². The molecule has 1 aromatic rings. The molecule has 0 spiro atoms. The van der Waals surface area contributed by atoms with Crippen molar-refractivity contribution < 1.29 is 14.3 Å². The Hall–Kier alpha value is -0.610. The molecule has 5 heteroatoms.